The van der Waals surface area contributed by atoms with Gasteiger partial charge < -0.3 is 23.7 Å². The Morgan fingerprint density at radius 1 is 0.917 bits per heavy atom. The van der Waals surface area contributed by atoms with Crippen molar-refractivity contribution in [3.63, 3.8) is 0 Å². The van der Waals surface area contributed by atoms with Crippen molar-refractivity contribution in [1.29, 1.82) is 0 Å². The van der Waals surface area contributed by atoms with Crippen molar-refractivity contribution in [3.8, 4) is 22.8 Å². The van der Waals surface area contributed by atoms with Gasteiger partial charge in [0, 0.05) is 17.2 Å². The Balaban J connectivity index is 1.57. The van der Waals surface area contributed by atoms with Crippen molar-refractivity contribution < 1.29 is 33.3 Å². The summed E-state index contributed by atoms with van der Waals surface area (Å²) in [6, 6.07) is 23.6. The van der Waals surface area contributed by atoms with Crippen molar-refractivity contribution >= 4 is 35.0 Å². The molecule has 0 radical (unpaired) electrons. The molecule has 0 amide bonds. The topological polar surface area (TPSA) is 130 Å². The lowest BCUT2D eigenvalue weighted by Crippen LogP contribution is -2.40. The highest BCUT2D eigenvalue weighted by molar-refractivity contribution is 7.07. The summed E-state index contributed by atoms with van der Waals surface area (Å²) in [5.41, 5.74) is 2.01. The van der Waals surface area contributed by atoms with Gasteiger partial charge >= 0.3 is 11.9 Å². The predicted molar refractivity (Wildman–Crippen MR) is 181 cm³/mol. The van der Waals surface area contributed by atoms with Crippen LogP contribution in [0.5, 0.6) is 11.5 Å². The molecular weight excluding hydrogens is 632 g/mol. The predicted octanol–water partition coefficient (Wildman–Crippen LogP) is 5.69. The van der Waals surface area contributed by atoms with Gasteiger partial charge in [-0.05, 0) is 56.7 Å². The Morgan fingerprint density at radius 2 is 1.65 bits per heavy atom. The van der Waals surface area contributed by atoms with E-state index in [1.807, 2.05) is 44.2 Å². The van der Waals surface area contributed by atoms with Gasteiger partial charge in [-0.15, -0.1) is 0 Å². The minimum Gasteiger partial charge on any atom is -0.490 e. The SMILES string of the molecule is CCOC(=O)C1=C(c2ccccc2)N=c2s/c(=C/c3ccc(-c4ccccc4C(=O)O)o3)c(=O)n2[C@@H]1c1ccc(OCC)c(OCC)c1. The number of aromatic carboxylic acids is 1. The fourth-order valence-electron chi connectivity index (χ4n) is 5.58. The molecule has 0 saturated heterocycles. The second-order valence-electron chi connectivity index (χ2n) is 10.6. The van der Waals surface area contributed by atoms with Crippen molar-refractivity contribution in [2.75, 3.05) is 19.8 Å². The molecule has 11 heteroatoms. The van der Waals surface area contributed by atoms with Crippen LogP contribution in [-0.2, 0) is 9.53 Å². The van der Waals surface area contributed by atoms with Crippen molar-refractivity contribution in [2.45, 2.75) is 26.8 Å². The summed E-state index contributed by atoms with van der Waals surface area (Å²) in [4.78, 5) is 45.2. The molecule has 0 aliphatic carbocycles. The number of carboxylic acids is 1. The van der Waals surface area contributed by atoms with Gasteiger partial charge in [-0.2, -0.15) is 0 Å². The molecule has 1 aliphatic heterocycles. The number of furan rings is 1. The number of hydrogen-bond acceptors (Lipinski definition) is 9. The van der Waals surface area contributed by atoms with Gasteiger partial charge in [0.05, 0.1) is 47.2 Å². The summed E-state index contributed by atoms with van der Waals surface area (Å²) in [6.07, 6.45) is 1.59. The summed E-state index contributed by atoms with van der Waals surface area (Å²) in [5.74, 6) is 0.0336. The zero-order valence-electron chi connectivity index (χ0n) is 26.5. The van der Waals surface area contributed by atoms with E-state index in [0.29, 0.717) is 68.0 Å². The molecule has 1 aliphatic rings. The fourth-order valence-corrected chi connectivity index (χ4v) is 6.56. The highest BCUT2D eigenvalue weighted by Crippen LogP contribution is 2.39. The van der Waals surface area contributed by atoms with Crippen LogP contribution in [0.15, 0.2) is 105 Å². The Morgan fingerprint density at radius 3 is 2.38 bits per heavy atom. The van der Waals surface area contributed by atoms with E-state index in [2.05, 4.69) is 0 Å². The molecule has 10 nitrogen and oxygen atoms in total. The lowest BCUT2D eigenvalue weighted by Gasteiger charge is -2.26. The molecule has 0 spiro atoms. The van der Waals surface area contributed by atoms with Gasteiger partial charge in [-0.25, -0.2) is 14.6 Å². The first-order valence-electron chi connectivity index (χ1n) is 15.4. The number of ether oxygens (including phenoxy) is 3. The molecule has 48 heavy (non-hydrogen) atoms. The third-order valence-corrected chi connectivity index (χ3v) is 8.56. The molecule has 0 unspecified atom stereocenters. The summed E-state index contributed by atoms with van der Waals surface area (Å²) in [7, 11) is 0. The molecule has 5 aromatic rings. The van der Waals surface area contributed by atoms with Crippen molar-refractivity contribution in [2.24, 2.45) is 4.99 Å². The summed E-state index contributed by atoms with van der Waals surface area (Å²) in [5, 5.41) is 9.65. The van der Waals surface area contributed by atoms with Gasteiger partial charge in [0.25, 0.3) is 5.56 Å². The largest absolute Gasteiger partial charge is 0.490 e. The second-order valence-corrected chi connectivity index (χ2v) is 11.6. The monoisotopic (exact) mass is 664 g/mol. The quantitative estimate of drug-likeness (QED) is 0.178. The van der Waals surface area contributed by atoms with Crippen LogP contribution in [0.1, 0.15) is 54.1 Å². The molecule has 6 rings (SSSR count). The number of carbonyl (C=O) groups excluding carboxylic acids is 1. The summed E-state index contributed by atoms with van der Waals surface area (Å²) in [6.45, 7) is 6.40. The smallest absolute Gasteiger partial charge is 0.338 e. The molecule has 244 valence electrons. The maximum atomic E-state index is 14.3. The highest BCUT2D eigenvalue weighted by Gasteiger charge is 2.35. The van der Waals surface area contributed by atoms with E-state index in [-0.39, 0.29) is 17.7 Å². The van der Waals surface area contributed by atoms with Crippen LogP contribution in [0.25, 0.3) is 23.1 Å². The van der Waals surface area contributed by atoms with Crippen LogP contribution in [0.4, 0.5) is 0 Å². The van der Waals surface area contributed by atoms with Crippen LogP contribution >= 0.6 is 11.3 Å². The number of esters is 1. The summed E-state index contributed by atoms with van der Waals surface area (Å²) < 4.78 is 25.1. The molecule has 0 saturated carbocycles. The number of rotatable bonds is 11. The molecular formula is C37H32N2O8S. The van der Waals surface area contributed by atoms with E-state index in [4.69, 9.17) is 23.6 Å². The van der Waals surface area contributed by atoms with Crippen molar-refractivity contribution in [1.82, 2.24) is 4.57 Å². The van der Waals surface area contributed by atoms with E-state index in [1.54, 1.807) is 61.5 Å². The number of nitrogens with zero attached hydrogens (tertiary/aromatic N) is 2. The maximum absolute atomic E-state index is 14.3. The lowest BCUT2D eigenvalue weighted by molar-refractivity contribution is -0.138. The highest BCUT2D eigenvalue weighted by atomic mass is 32.1. The first kappa shape index (κ1) is 32.3. The average Bonchev–Trinajstić information content (AvgIpc) is 3.69. The lowest BCUT2D eigenvalue weighted by atomic mass is 9.93. The number of thiazole rings is 1. The normalized spacial score (nSPS) is 14.3. The molecule has 0 bridgehead atoms. The van der Waals surface area contributed by atoms with Crippen LogP contribution in [0, 0.1) is 0 Å². The zero-order chi connectivity index (χ0) is 33.8. The Hall–Kier alpha value is -5.68. The Kier molecular flexibility index (Phi) is 9.40. The molecule has 3 heterocycles. The molecule has 1 N–H and O–H groups in total. The number of aromatic nitrogens is 1. The van der Waals surface area contributed by atoms with E-state index < -0.39 is 23.5 Å². The van der Waals surface area contributed by atoms with Gasteiger partial charge in [0.1, 0.15) is 11.5 Å². The minimum atomic E-state index is -1.08. The number of benzene rings is 3. The molecule has 0 fully saturated rings. The van der Waals surface area contributed by atoms with Gasteiger partial charge in [0.2, 0.25) is 0 Å². The number of carboxylic acid groups (broad SMARTS) is 1. The van der Waals surface area contributed by atoms with Gasteiger partial charge in [0.15, 0.2) is 16.3 Å². The van der Waals surface area contributed by atoms with E-state index in [1.165, 1.54) is 10.6 Å². The van der Waals surface area contributed by atoms with Crippen LogP contribution in [-0.4, -0.2) is 41.4 Å². The zero-order valence-corrected chi connectivity index (χ0v) is 27.3. The average molecular weight is 665 g/mol. The first-order chi connectivity index (χ1) is 23.3. The number of hydrogen-bond donors (Lipinski definition) is 1. The van der Waals surface area contributed by atoms with E-state index >= 15 is 0 Å². The molecule has 2 aromatic heterocycles. The second kappa shape index (κ2) is 14.0. The third-order valence-electron chi connectivity index (χ3n) is 7.58. The van der Waals surface area contributed by atoms with E-state index in [0.717, 1.165) is 11.3 Å². The first-order valence-corrected chi connectivity index (χ1v) is 16.3. The standard InChI is InChI=1S/C37H32N2O8S/c1-4-44-28-18-16-23(20-29(28)45-5-2)33-31(36(43)46-6-3)32(22-12-8-7-9-13-22)38-37-39(33)34(40)30(48-37)21-24-17-19-27(47-24)25-14-10-11-15-26(25)35(41)42/h7-21,33H,4-6H2,1-3H3,(H,41,42)/b30-21+/t33-/m1/s1. The Labute approximate surface area is 279 Å². The fraction of sp³-hybridized carbons (Fsp3) is 0.189. The van der Waals surface area contributed by atoms with Crippen LogP contribution < -0.4 is 24.4 Å². The molecule has 3 aromatic carbocycles. The Bertz CT molecular complexity index is 2210. The molecule has 1 atom stereocenters. The van der Waals surface area contributed by atoms with Gasteiger partial charge in [-0.3, -0.25) is 9.36 Å². The number of fused-ring (bicyclic) bond motifs is 1. The van der Waals surface area contributed by atoms with Crippen LogP contribution in [0.3, 0.4) is 0 Å². The number of carbonyl (C=O) groups is 2. The third kappa shape index (κ3) is 6.19. The maximum Gasteiger partial charge on any atom is 0.338 e. The van der Waals surface area contributed by atoms with Crippen molar-refractivity contribution in [3.05, 3.63) is 133 Å². The minimum absolute atomic E-state index is 0.0967. The summed E-state index contributed by atoms with van der Waals surface area (Å²) >= 11 is 1.15. The van der Waals surface area contributed by atoms with E-state index in [9.17, 15) is 19.5 Å². The van der Waals surface area contributed by atoms with Gasteiger partial charge in [-0.1, -0.05) is 65.9 Å². The van der Waals surface area contributed by atoms with Crippen LogP contribution in [0.2, 0.25) is 0 Å².